The van der Waals surface area contributed by atoms with Crippen molar-refractivity contribution in [3.05, 3.63) is 40.3 Å². The second-order valence-corrected chi connectivity index (χ2v) is 2.93. The highest BCUT2D eigenvalue weighted by atomic mass is 35.5. The highest BCUT2D eigenvalue weighted by molar-refractivity contribution is 6.18. The number of hydrogen-bond acceptors (Lipinski definition) is 2. The summed E-state index contributed by atoms with van der Waals surface area (Å²) in [6.45, 7) is 2.33. The van der Waals surface area contributed by atoms with Gasteiger partial charge in [-0.2, -0.15) is 5.10 Å². The molecular weight excluding hydrogens is 188 g/mol. The number of rotatable bonds is 3. The molecule has 1 aromatic rings. The first-order chi connectivity index (χ1) is 6.24. The van der Waals surface area contributed by atoms with Gasteiger partial charge in [-0.3, -0.25) is 4.79 Å². The van der Waals surface area contributed by atoms with Crippen LogP contribution in [0.4, 0.5) is 0 Å². The Morgan fingerprint density at radius 1 is 1.54 bits per heavy atom. The highest BCUT2D eigenvalue weighted by Gasteiger charge is 1.93. The molecule has 0 unspecified atom stereocenters. The zero-order chi connectivity index (χ0) is 9.68. The second-order valence-electron chi connectivity index (χ2n) is 2.62. The van der Waals surface area contributed by atoms with Crippen LogP contribution in [0.1, 0.15) is 5.69 Å². The molecule has 0 spiro atoms. The molecular formula is C9H11ClN2O. The summed E-state index contributed by atoms with van der Waals surface area (Å²) in [6.07, 6.45) is 3.61. The molecule has 0 aromatic carbocycles. The van der Waals surface area contributed by atoms with E-state index in [1.807, 2.05) is 13.0 Å². The Hall–Kier alpha value is -1.09. The van der Waals surface area contributed by atoms with Gasteiger partial charge in [0.05, 0.1) is 12.2 Å². The number of alkyl halides is 1. The van der Waals surface area contributed by atoms with Crippen molar-refractivity contribution in [2.24, 2.45) is 0 Å². The fraction of sp³-hybridized carbons (Fsp3) is 0.333. The number of nitrogens with zero attached hydrogens (tertiary/aromatic N) is 2. The van der Waals surface area contributed by atoms with Gasteiger partial charge in [0.1, 0.15) is 0 Å². The zero-order valence-electron chi connectivity index (χ0n) is 7.40. The minimum atomic E-state index is -0.0928. The number of allylic oxidation sites excluding steroid dienone is 2. The molecule has 0 saturated heterocycles. The minimum Gasteiger partial charge on any atom is -0.268 e. The number of aromatic nitrogens is 2. The molecule has 0 aliphatic heterocycles. The molecule has 0 bridgehead atoms. The molecule has 1 heterocycles. The third-order valence-electron chi connectivity index (χ3n) is 1.53. The summed E-state index contributed by atoms with van der Waals surface area (Å²) in [7, 11) is 0. The Kier molecular flexibility index (Phi) is 3.71. The Labute approximate surface area is 81.6 Å². The van der Waals surface area contributed by atoms with E-state index >= 15 is 0 Å². The molecule has 0 aliphatic rings. The highest BCUT2D eigenvalue weighted by Crippen LogP contribution is 1.87. The molecule has 0 N–H and O–H groups in total. The van der Waals surface area contributed by atoms with E-state index in [1.54, 1.807) is 12.1 Å². The molecule has 0 saturated carbocycles. The second kappa shape index (κ2) is 4.82. The summed E-state index contributed by atoms with van der Waals surface area (Å²) in [4.78, 5) is 11.2. The Morgan fingerprint density at radius 3 is 3.00 bits per heavy atom. The first kappa shape index (κ1) is 9.99. The van der Waals surface area contributed by atoms with Gasteiger partial charge < -0.3 is 0 Å². The van der Waals surface area contributed by atoms with Crippen LogP contribution in [0.15, 0.2) is 29.1 Å². The van der Waals surface area contributed by atoms with Crippen LogP contribution < -0.4 is 5.56 Å². The molecule has 1 aromatic heterocycles. The van der Waals surface area contributed by atoms with Crippen LogP contribution in [0, 0.1) is 6.92 Å². The van der Waals surface area contributed by atoms with Crippen LogP contribution in [-0.4, -0.2) is 15.7 Å². The van der Waals surface area contributed by atoms with Crippen LogP contribution in [0.5, 0.6) is 0 Å². The van der Waals surface area contributed by atoms with Gasteiger partial charge in [0, 0.05) is 11.9 Å². The van der Waals surface area contributed by atoms with E-state index in [-0.39, 0.29) is 5.56 Å². The van der Waals surface area contributed by atoms with Crippen LogP contribution in [-0.2, 0) is 6.54 Å². The quantitative estimate of drug-likeness (QED) is 0.543. The number of hydrogen-bond donors (Lipinski definition) is 0. The fourth-order valence-corrected chi connectivity index (χ4v) is 1.05. The van der Waals surface area contributed by atoms with Crippen LogP contribution >= 0.6 is 11.6 Å². The lowest BCUT2D eigenvalue weighted by Crippen LogP contribution is -2.21. The van der Waals surface area contributed by atoms with Crippen molar-refractivity contribution in [3.8, 4) is 0 Å². The summed E-state index contributed by atoms with van der Waals surface area (Å²) in [5, 5.41) is 4.05. The van der Waals surface area contributed by atoms with E-state index in [0.717, 1.165) is 5.69 Å². The van der Waals surface area contributed by atoms with E-state index < -0.39 is 0 Å². The maximum atomic E-state index is 11.2. The molecule has 0 radical (unpaired) electrons. The Balaban J connectivity index is 2.82. The van der Waals surface area contributed by atoms with Gasteiger partial charge in [-0.05, 0) is 13.0 Å². The minimum absolute atomic E-state index is 0.0928. The van der Waals surface area contributed by atoms with Crippen molar-refractivity contribution in [2.45, 2.75) is 13.5 Å². The lowest BCUT2D eigenvalue weighted by atomic mass is 10.4. The summed E-state index contributed by atoms with van der Waals surface area (Å²) in [5.74, 6) is 0.459. The van der Waals surface area contributed by atoms with E-state index in [2.05, 4.69) is 5.10 Å². The monoisotopic (exact) mass is 198 g/mol. The van der Waals surface area contributed by atoms with Crippen molar-refractivity contribution in [1.29, 1.82) is 0 Å². The average Bonchev–Trinajstić information content (AvgIpc) is 2.11. The van der Waals surface area contributed by atoms with E-state index in [4.69, 9.17) is 11.6 Å². The Bertz CT molecular complexity index is 357. The normalized spacial score (nSPS) is 10.9. The largest absolute Gasteiger partial charge is 0.268 e. The predicted molar refractivity (Wildman–Crippen MR) is 53.1 cm³/mol. The number of halogens is 1. The van der Waals surface area contributed by atoms with Crippen LogP contribution in [0.2, 0.25) is 0 Å². The molecule has 13 heavy (non-hydrogen) atoms. The van der Waals surface area contributed by atoms with E-state index in [9.17, 15) is 4.79 Å². The van der Waals surface area contributed by atoms with Gasteiger partial charge in [-0.25, -0.2) is 4.68 Å². The number of aryl methyl sites for hydroxylation is 1. The van der Waals surface area contributed by atoms with Gasteiger partial charge in [0.2, 0.25) is 0 Å². The average molecular weight is 199 g/mol. The van der Waals surface area contributed by atoms with E-state index in [1.165, 1.54) is 10.7 Å². The molecule has 4 heteroatoms. The fourth-order valence-electron chi connectivity index (χ4n) is 0.919. The van der Waals surface area contributed by atoms with Crippen molar-refractivity contribution in [2.75, 3.05) is 5.88 Å². The maximum Gasteiger partial charge on any atom is 0.267 e. The first-order valence-electron chi connectivity index (χ1n) is 4.00. The van der Waals surface area contributed by atoms with Gasteiger partial charge in [-0.15, -0.1) is 11.6 Å². The Morgan fingerprint density at radius 2 is 2.31 bits per heavy atom. The lowest BCUT2D eigenvalue weighted by Gasteiger charge is -2.00. The standard InChI is InChI=1S/C9H11ClN2O/c1-8-4-5-9(13)12(11-8)7-3-2-6-10/h2-5H,6-7H2,1H3/b3-2+. The zero-order valence-corrected chi connectivity index (χ0v) is 8.16. The first-order valence-corrected chi connectivity index (χ1v) is 4.53. The molecule has 0 fully saturated rings. The summed E-state index contributed by atoms with van der Waals surface area (Å²) in [6, 6.07) is 3.21. The summed E-state index contributed by atoms with van der Waals surface area (Å²) < 4.78 is 1.40. The van der Waals surface area contributed by atoms with E-state index in [0.29, 0.717) is 12.4 Å². The third kappa shape index (κ3) is 3.03. The maximum absolute atomic E-state index is 11.2. The van der Waals surface area contributed by atoms with Crippen molar-refractivity contribution in [3.63, 3.8) is 0 Å². The third-order valence-corrected chi connectivity index (χ3v) is 1.71. The molecule has 3 nitrogen and oxygen atoms in total. The van der Waals surface area contributed by atoms with Crippen molar-refractivity contribution >= 4 is 11.6 Å². The molecule has 0 aliphatic carbocycles. The van der Waals surface area contributed by atoms with Crippen molar-refractivity contribution in [1.82, 2.24) is 9.78 Å². The molecule has 70 valence electrons. The smallest absolute Gasteiger partial charge is 0.267 e. The predicted octanol–water partition coefficient (Wildman–Crippen LogP) is 1.35. The van der Waals surface area contributed by atoms with Gasteiger partial charge in [-0.1, -0.05) is 12.2 Å². The molecule has 0 atom stereocenters. The lowest BCUT2D eigenvalue weighted by molar-refractivity contribution is 0.639. The van der Waals surface area contributed by atoms with Gasteiger partial charge in [0.15, 0.2) is 0 Å². The van der Waals surface area contributed by atoms with Gasteiger partial charge in [0.25, 0.3) is 5.56 Å². The van der Waals surface area contributed by atoms with Crippen LogP contribution in [0.25, 0.3) is 0 Å². The topological polar surface area (TPSA) is 34.9 Å². The van der Waals surface area contributed by atoms with Gasteiger partial charge >= 0.3 is 0 Å². The molecule has 0 amide bonds. The van der Waals surface area contributed by atoms with Crippen molar-refractivity contribution < 1.29 is 0 Å². The summed E-state index contributed by atoms with van der Waals surface area (Å²) in [5.41, 5.74) is 0.740. The summed E-state index contributed by atoms with van der Waals surface area (Å²) >= 11 is 5.44. The SMILES string of the molecule is Cc1ccc(=O)n(C/C=C/CCl)n1. The molecule has 1 rings (SSSR count). The van der Waals surface area contributed by atoms with Crippen LogP contribution in [0.3, 0.4) is 0 Å².